The first-order valence-electron chi connectivity index (χ1n) is 7.82. The van der Waals surface area contributed by atoms with Crippen molar-refractivity contribution in [1.82, 2.24) is 4.90 Å². The summed E-state index contributed by atoms with van der Waals surface area (Å²) < 4.78 is 23.6. The zero-order chi connectivity index (χ0) is 17.5. The van der Waals surface area contributed by atoms with Gasteiger partial charge in [0.15, 0.2) is 11.5 Å². The van der Waals surface area contributed by atoms with Crippen LogP contribution in [0.4, 0.5) is 4.39 Å². The SMILES string of the molecule is COc1cc(C)c(CN(C)CCSc2ccc(F)cc2)cc1OC. The zero-order valence-electron chi connectivity index (χ0n) is 14.6. The van der Waals surface area contributed by atoms with E-state index >= 15 is 0 Å². The number of benzene rings is 2. The van der Waals surface area contributed by atoms with E-state index in [0.29, 0.717) is 0 Å². The van der Waals surface area contributed by atoms with Gasteiger partial charge in [0.05, 0.1) is 14.2 Å². The molecule has 0 aliphatic heterocycles. The van der Waals surface area contributed by atoms with E-state index in [-0.39, 0.29) is 5.82 Å². The molecule has 130 valence electrons. The number of nitrogens with zero attached hydrogens (tertiary/aromatic N) is 1. The third kappa shape index (κ3) is 5.14. The molecule has 0 heterocycles. The largest absolute Gasteiger partial charge is 0.493 e. The van der Waals surface area contributed by atoms with Crippen molar-refractivity contribution in [3.8, 4) is 11.5 Å². The van der Waals surface area contributed by atoms with Crippen LogP contribution in [0.1, 0.15) is 11.1 Å². The molecule has 0 aliphatic rings. The summed E-state index contributed by atoms with van der Waals surface area (Å²) in [4.78, 5) is 3.36. The van der Waals surface area contributed by atoms with Crippen molar-refractivity contribution in [2.24, 2.45) is 0 Å². The highest BCUT2D eigenvalue weighted by atomic mass is 32.2. The smallest absolute Gasteiger partial charge is 0.161 e. The molecule has 0 saturated heterocycles. The normalized spacial score (nSPS) is 10.9. The Morgan fingerprint density at radius 3 is 2.29 bits per heavy atom. The van der Waals surface area contributed by atoms with Crippen LogP contribution in [0.2, 0.25) is 0 Å². The van der Waals surface area contributed by atoms with E-state index in [1.165, 1.54) is 23.3 Å². The lowest BCUT2D eigenvalue weighted by molar-refractivity contribution is 0.339. The summed E-state index contributed by atoms with van der Waals surface area (Å²) in [7, 11) is 5.40. The minimum absolute atomic E-state index is 0.194. The Labute approximate surface area is 147 Å². The van der Waals surface area contributed by atoms with Gasteiger partial charge >= 0.3 is 0 Å². The summed E-state index contributed by atoms with van der Waals surface area (Å²) in [5, 5.41) is 0. The molecule has 0 aromatic heterocycles. The molecule has 0 aliphatic carbocycles. The lowest BCUT2D eigenvalue weighted by Crippen LogP contribution is -2.21. The molecule has 0 bridgehead atoms. The molecule has 2 rings (SSSR count). The van der Waals surface area contributed by atoms with Crippen molar-refractivity contribution >= 4 is 11.8 Å². The first kappa shape index (κ1) is 18.6. The minimum atomic E-state index is -0.194. The predicted molar refractivity (Wildman–Crippen MR) is 97.7 cm³/mol. The second-order valence-electron chi connectivity index (χ2n) is 5.67. The highest BCUT2D eigenvalue weighted by Crippen LogP contribution is 2.30. The van der Waals surface area contributed by atoms with Gasteiger partial charge in [-0.25, -0.2) is 4.39 Å². The number of thioether (sulfide) groups is 1. The Balaban J connectivity index is 1.89. The van der Waals surface area contributed by atoms with E-state index < -0.39 is 0 Å². The van der Waals surface area contributed by atoms with Crippen LogP contribution >= 0.6 is 11.8 Å². The number of hydrogen-bond acceptors (Lipinski definition) is 4. The third-order valence-corrected chi connectivity index (χ3v) is 4.83. The molecule has 0 N–H and O–H groups in total. The van der Waals surface area contributed by atoms with Crippen molar-refractivity contribution in [3.05, 3.63) is 53.3 Å². The van der Waals surface area contributed by atoms with Crippen molar-refractivity contribution in [2.45, 2.75) is 18.4 Å². The molecule has 0 atom stereocenters. The second-order valence-corrected chi connectivity index (χ2v) is 6.84. The molecule has 0 amide bonds. The van der Waals surface area contributed by atoms with Gasteiger partial charge in [0.1, 0.15) is 5.82 Å². The van der Waals surface area contributed by atoms with Gasteiger partial charge in [-0.2, -0.15) is 0 Å². The van der Waals surface area contributed by atoms with Gasteiger partial charge in [-0.15, -0.1) is 11.8 Å². The standard InChI is InChI=1S/C19H24FNO2S/c1-14-11-18(22-3)19(23-4)12-15(14)13-21(2)9-10-24-17-7-5-16(20)6-8-17/h5-8,11-12H,9-10,13H2,1-4H3. The Hall–Kier alpha value is -1.72. The fraction of sp³-hybridized carbons (Fsp3) is 0.368. The van der Waals surface area contributed by atoms with Crippen molar-refractivity contribution in [3.63, 3.8) is 0 Å². The Bertz CT molecular complexity index is 661. The van der Waals surface area contributed by atoms with Crippen molar-refractivity contribution < 1.29 is 13.9 Å². The molecule has 0 spiro atoms. The van der Waals surface area contributed by atoms with Gasteiger partial charge in [-0.05, 0) is 61.5 Å². The Kier molecular flexibility index (Phi) is 6.94. The average Bonchev–Trinajstić information content (AvgIpc) is 2.58. The lowest BCUT2D eigenvalue weighted by atomic mass is 10.1. The molecule has 2 aromatic rings. The Morgan fingerprint density at radius 1 is 1.04 bits per heavy atom. The van der Waals surface area contributed by atoms with E-state index in [1.54, 1.807) is 26.0 Å². The van der Waals surface area contributed by atoms with E-state index in [1.807, 2.05) is 24.3 Å². The maximum Gasteiger partial charge on any atom is 0.161 e. The quantitative estimate of drug-likeness (QED) is 0.660. The summed E-state index contributed by atoms with van der Waals surface area (Å²) in [5.74, 6) is 2.27. The summed E-state index contributed by atoms with van der Waals surface area (Å²) in [6.45, 7) is 3.87. The van der Waals surface area contributed by atoms with Crippen LogP contribution in [0, 0.1) is 12.7 Å². The highest BCUT2D eigenvalue weighted by molar-refractivity contribution is 7.99. The maximum absolute atomic E-state index is 12.9. The van der Waals surface area contributed by atoms with Gasteiger partial charge in [0.2, 0.25) is 0 Å². The average molecular weight is 349 g/mol. The summed E-state index contributed by atoms with van der Waals surface area (Å²) in [6, 6.07) is 10.7. The van der Waals surface area contributed by atoms with Crippen LogP contribution in [-0.2, 0) is 6.54 Å². The first-order valence-corrected chi connectivity index (χ1v) is 8.80. The summed E-state index contributed by atoms with van der Waals surface area (Å²) >= 11 is 1.73. The molecule has 5 heteroatoms. The van der Waals surface area contributed by atoms with Gasteiger partial charge in [-0.3, -0.25) is 0 Å². The highest BCUT2D eigenvalue weighted by Gasteiger charge is 2.10. The number of methoxy groups -OCH3 is 2. The topological polar surface area (TPSA) is 21.7 Å². The van der Waals surface area contributed by atoms with Gasteiger partial charge < -0.3 is 14.4 Å². The zero-order valence-corrected chi connectivity index (χ0v) is 15.5. The monoisotopic (exact) mass is 349 g/mol. The second kappa shape index (κ2) is 8.94. The van der Waals surface area contributed by atoms with Crippen LogP contribution in [-0.4, -0.2) is 38.5 Å². The number of ether oxygens (including phenoxy) is 2. The van der Waals surface area contributed by atoms with E-state index in [9.17, 15) is 4.39 Å². The molecule has 3 nitrogen and oxygen atoms in total. The number of hydrogen-bond donors (Lipinski definition) is 0. The number of halogens is 1. The molecular weight excluding hydrogens is 325 g/mol. The first-order chi connectivity index (χ1) is 11.5. The molecule has 0 radical (unpaired) electrons. The fourth-order valence-electron chi connectivity index (χ4n) is 2.41. The Morgan fingerprint density at radius 2 is 1.67 bits per heavy atom. The van der Waals surface area contributed by atoms with Crippen molar-refractivity contribution in [1.29, 1.82) is 0 Å². The molecule has 2 aromatic carbocycles. The van der Waals surface area contributed by atoms with Gasteiger partial charge in [-0.1, -0.05) is 0 Å². The van der Waals surface area contributed by atoms with Gasteiger partial charge in [0, 0.05) is 23.7 Å². The number of aryl methyl sites for hydroxylation is 1. The fourth-order valence-corrected chi connectivity index (χ4v) is 3.38. The van der Waals surface area contributed by atoms with Crippen molar-refractivity contribution in [2.75, 3.05) is 33.6 Å². The summed E-state index contributed by atoms with van der Waals surface area (Å²) in [6.07, 6.45) is 0. The van der Waals surface area contributed by atoms with E-state index in [0.717, 1.165) is 35.2 Å². The number of rotatable bonds is 8. The van der Waals surface area contributed by atoms with Crippen LogP contribution in [0.25, 0.3) is 0 Å². The summed E-state index contributed by atoms with van der Waals surface area (Å²) in [5.41, 5.74) is 2.41. The van der Waals surface area contributed by atoms with Crippen LogP contribution < -0.4 is 9.47 Å². The van der Waals surface area contributed by atoms with E-state index in [4.69, 9.17) is 9.47 Å². The lowest BCUT2D eigenvalue weighted by Gasteiger charge is -2.19. The molecule has 0 saturated carbocycles. The van der Waals surface area contributed by atoms with Gasteiger partial charge in [0.25, 0.3) is 0 Å². The van der Waals surface area contributed by atoms with Crippen LogP contribution in [0.3, 0.4) is 0 Å². The third-order valence-electron chi connectivity index (χ3n) is 3.84. The molecular formula is C19H24FNO2S. The predicted octanol–water partition coefficient (Wildman–Crippen LogP) is 4.38. The molecule has 0 fully saturated rings. The molecule has 24 heavy (non-hydrogen) atoms. The van der Waals surface area contributed by atoms with Crippen LogP contribution in [0.15, 0.2) is 41.3 Å². The molecule has 0 unspecified atom stereocenters. The van der Waals surface area contributed by atoms with E-state index in [2.05, 4.69) is 18.9 Å². The minimum Gasteiger partial charge on any atom is -0.493 e. The maximum atomic E-state index is 12.9. The van der Waals surface area contributed by atoms with Crippen LogP contribution in [0.5, 0.6) is 11.5 Å².